The number of anilines is 1. The maximum atomic E-state index is 11.6. The third-order valence-corrected chi connectivity index (χ3v) is 2.76. The third-order valence-electron chi connectivity index (χ3n) is 1.77. The van der Waals surface area contributed by atoms with E-state index in [-0.39, 0.29) is 5.91 Å². The third kappa shape index (κ3) is 2.34. The number of rotatable bonds is 2. The SMILES string of the molecule is O=C(Nc1ncccc1Cl)c1ccsc1. The zero-order valence-electron chi connectivity index (χ0n) is 7.61. The Bertz CT molecular complexity index is 470. The number of halogens is 1. The summed E-state index contributed by atoms with van der Waals surface area (Å²) in [4.78, 5) is 15.6. The quantitative estimate of drug-likeness (QED) is 0.874. The van der Waals surface area contributed by atoms with Crippen molar-refractivity contribution in [2.24, 2.45) is 0 Å². The van der Waals surface area contributed by atoms with Crippen LogP contribution in [0.5, 0.6) is 0 Å². The lowest BCUT2D eigenvalue weighted by atomic mass is 10.3. The van der Waals surface area contributed by atoms with E-state index in [2.05, 4.69) is 10.3 Å². The van der Waals surface area contributed by atoms with Gasteiger partial charge in [-0.1, -0.05) is 11.6 Å². The van der Waals surface area contributed by atoms with Crippen LogP contribution in [0, 0.1) is 0 Å². The van der Waals surface area contributed by atoms with E-state index >= 15 is 0 Å². The van der Waals surface area contributed by atoms with Crippen molar-refractivity contribution in [1.82, 2.24) is 4.98 Å². The molecule has 0 aromatic carbocycles. The highest BCUT2D eigenvalue weighted by molar-refractivity contribution is 7.08. The van der Waals surface area contributed by atoms with Crippen molar-refractivity contribution in [2.45, 2.75) is 0 Å². The summed E-state index contributed by atoms with van der Waals surface area (Å²) in [6.07, 6.45) is 1.58. The van der Waals surface area contributed by atoms with Crippen molar-refractivity contribution in [3.05, 3.63) is 45.7 Å². The van der Waals surface area contributed by atoms with E-state index in [4.69, 9.17) is 11.6 Å². The van der Waals surface area contributed by atoms with Crippen LogP contribution in [0.2, 0.25) is 5.02 Å². The van der Waals surface area contributed by atoms with Crippen LogP contribution in [-0.4, -0.2) is 10.9 Å². The molecule has 5 heteroatoms. The molecule has 0 bridgehead atoms. The van der Waals surface area contributed by atoms with Crippen LogP contribution in [-0.2, 0) is 0 Å². The predicted octanol–water partition coefficient (Wildman–Crippen LogP) is 3.05. The summed E-state index contributed by atoms with van der Waals surface area (Å²) in [5.41, 5.74) is 0.613. The van der Waals surface area contributed by atoms with Crippen molar-refractivity contribution in [2.75, 3.05) is 5.32 Å². The van der Waals surface area contributed by atoms with Gasteiger partial charge in [0.2, 0.25) is 0 Å². The Morgan fingerprint density at radius 3 is 3.00 bits per heavy atom. The van der Waals surface area contributed by atoms with E-state index in [1.165, 1.54) is 11.3 Å². The number of aromatic nitrogens is 1. The summed E-state index contributed by atoms with van der Waals surface area (Å²) in [5, 5.41) is 6.68. The molecule has 0 saturated heterocycles. The number of nitrogens with zero attached hydrogens (tertiary/aromatic N) is 1. The maximum absolute atomic E-state index is 11.6. The van der Waals surface area contributed by atoms with E-state index in [1.807, 2.05) is 5.38 Å². The molecule has 2 rings (SSSR count). The average molecular weight is 239 g/mol. The number of carbonyl (C=O) groups is 1. The summed E-state index contributed by atoms with van der Waals surface area (Å²) in [6.45, 7) is 0. The van der Waals surface area contributed by atoms with Crippen molar-refractivity contribution in [3.63, 3.8) is 0 Å². The van der Waals surface area contributed by atoms with Gasteiger partial charge >= 0.3 is 0 Å². The molecule has 2 aromatic heterocycles. The van der Waals surface area contributed by atoms with Crippen LogP contribution in [0.4, 0.5) is 5.82 Å². The Labute approximate surface area is 95.7 Å². The van der Waals surface area contributed by atoms with Crippen molar-refractivity contribution < 1.29 is 4.79 Å². The number of carbonyl (C=O) groups excluding carboxylic acids is 1. The molecular weight excluding hydrogens is 232 g/mol. The van der Waals surface area contributed by atoms with Gasteiger partial charge in [0, 0.05) is 11.6 Å². The van der Waals surface area contributed by atoms with Crippen molar-refractivity contribution >= 4 is 34.7 Å². The van der Waals surface area contributed by atoms with E-state index in [1.54, 1.807) is 29.8 Å². The molecule has 0 radical (unpaired) electrons. The Kier molecular flexibility index (Phi) is 2.99. The molecule has 15 heavy (non-hydrogen) atoms. The van der Waals surface area contributed by atoms with Crippen LogP contribution < -0.4 is 5.32 Å². The lowest BCUT2D eigenvalue weighted by molar-refractivity contribution is 0.102. The molecule has 0 spiro atoms. The predicted molar refractivity (Wildman–Crippen MR) is 61.5 cm³/mol. The standard InChI is InChI=1S/C10H7ClN2OS/c11-8-2-1-4-12-9(8)13-10(14)7-3-5-15-6-7/h1-6H,(H,12,13,14). The van der Waals surface area contributed by atoms with Gasteiger partial charge in [-0.25, -0.2) is 4.98 Å². The Hall–Kier alpha value is -1.39. The van der Waals surface area contributed by atoms with Gasteiger partial charge in [-0.2, -0.15) is 11.3 Å². The Balaban J connectivity index is 2.17. The van der Waals surface area contributed by atoms with E-state index in [9.17, 15) is 4.79 Å². The van der Waals surface area contributed by atoms with Gasteiger partial charge in [0.25, 0.3) is 5.91 Å². The fraction of sp³-hybridized carbons (Fsp3) is 0. The second-order valence-electron chi connectivity index (χ2n) is 2.80. The van der Waals surface area contributed by atoms with Crippen LogP contribution >= 0.6 is 22.9 Å². The van der Waals surface area contributed by atoms with Crippen LogP contribution in [0.25, 0.3) is 0 Å². The molecule has 2 aromatic rings. The number of hydrogen-bond donors (Lipinski definition) is 1. The van der Waals surface area contributed by atoms with Gasteiger partial charge < -0.3 is 5.32 Å². The summed E-state index contributed by atoms with van der Waals surface area (Å²) in [5.74, 6) is 0.187. The number of amides is 1. The lowest BCUT2D eigenvalue weighted by Crippen LogP contribution is -2.12. The number of hydrogen-bond acceptors (Lipinski definition) is 3. The highest BCUT2D eigenvalue weighted by Crippen LogP contribution is 2.18. The minimum absolute atomic E-state index is 0.197. The first-order valence-corrected chi connectivity index (χ1v) is 5.53. The summed E-state index contributed by atoms with van der Waals surface area (Å²) in [6, 6.07) is 5.14. The smallest absolute Gasteiger partial charge is 0.257 e. The zero-order valence-corrected chi connectivity index (χ0v) is 9.18. The Morgan fingerprint density at radius 2 is 2.33 bits per heavy atom. The molecule has 0 aliphatic rings. The van der Waals surface area contributed by atoms with Gasteiger partial charge in [0.15, 0.2) is 5.82 Å². The first kappa shape index (κ1) is 10.1. The minimum Gasteiger partial charge on any atom is -0.305 e. The average Bonchev–Trinajstić information content (AvgIpc) is 2.74. The zero-order chi connectivity index (χ0) is 10.7. The molecule has 0 aliphatic heterocycles. The second kappa shape index (κ2) is 4.42. The molecule has 0 atom stereocenters. The van der Waals surface area contributed by atoms with Gasteiger partial charge in [-0.15, -0.1) is 0 Å². The molecule has 76 valence electrons. The highest BCUT2D eigenvalue weighted by Gasteiger charge is 2.08. The van der Waals surface area contributed by atoms with Crippen molar-refractivity contribution in [3.8, 4) is 0 Å². The molecule has 1 amide bonds. The second-order valence-corrected chi connectivity index (χ2v) is 3.99. The van der Waals surface area contributed by atoms with Gasteiger partial charge in [-0.3, -0.25) is 4.79 Å². The van der Waals surface area contributed by atoms with Crippen molar-refractivity contribution in [1.29, 1.82) is 0 Å². The Morgan fingerprint density at radius 1 is 1.47 bits per heavy atom. The lowest BCUT2D eigenvalue weighted by Gasteiger charge is -2.03. The van der Waals surface area contributed by atoms with Crippen LogP contribution in [0.15, 0.2) is 35.2 Å². The molecule has 2 heterocycles. The molecule has 0 saturated carbocycles. The number of nitrogens with one attached hydrogen (secondary N) is 1. The highest BCUT2D eigenvalue weighted by atomic mass is 35.5. The summed E-state index contributed by atoms with van der Waals surface area (Å²) < 4.78 is 0. The largest absolute Gasteiger partial charge is 0.305 e. The topological polar surface area (TPSA) is 42.0 Å². The fourth-order valence-electron chi connectivity index (χ4n) is 1.05. The molecule has 3 nitrogen and oxygen atoms in total. The van der Waals surface area contributed by atoms with E-state index in [0.29, 0.717) is 16.4 Å². The fourth-order valence-corrected chi connectivity index (χ4v) is 1.86. The molecule has 0 aliphatic carbocycles. The van der Waals surface area contributed by atoms with Crippen LogP contribution in [0.3, 0.4) is 0 Å². The first-order chi connectivity index (χ1) is 7.27. The van der Waals surface area contributed by atoms with Gasteiger partial charge in [-0.05, 0) is 23.6 Å². The number of pyridine rings is 1. The molecule has 0 fully saturated rings. The van der Waals surface area contributed by atoms with Crippen LogP contribution in [0.1, 0.15) is 10.4 Å². The van der Waals surface area contributed by atoms with E-state index in [0.717, 1.165) is 0 Å². The molecule has 0 unspecified atom stereocenters. The monoisotopic (exact) mass is 238 g/mol. The normalized spacial score (nSPS) is 9.93. The minimum atomic E-state index is -0.197. The molecular formula is C10H7ClN2OS. The number of thiophene rings is 1. The maximum Gasteiger partial charge on any atom is 0.257 e. The summed E-state index contributed by atoms with van der Waals surface area (Å²) in [7, 11) is 0. The van der Waals surface area contributed by atoms with Gasteiger partial charge in [0.05, 0.1) is 10.6 Å². The molecule has 1 N–H and O–H groups in total. The van der Waals surface area contributed by atoms with Gasteiger partial charge in [0.1, 0.15) is 0 Å². The summed E-state index contributed by atoms with van der Waals surface area (Å²) >= 11 is 7.32. The first-order valence-electron chi connectivity index (χ1n) is 4.21. The van der Waals surface area contributed by atoms with E-state index < -0.39 is 0 Å².